The maximum atomic E-state index is 9.00. The summed E-state index contributed by atoms with van der Waals surface area (Å²) >= 11 is -0.167. The summed E-state index contributed by atoms with van der Waals surface area (Å²) in [5.41, 5.74) is 8.50. The highest BCUT2D eigenvalue weighted by Gasteiger charge is 1.84. The Morgan fingerprint density at radius 2 is 1.33 bits per heavy atom. The molecule has 0 aromatic heterocycles. The van der Waals surface area contributed by atoms with Crippen molar-refractivity contribution in [1.82, 2.24) is 0 Å². The van der Waals surface area contributed by atoms with Crippen molar-refractivity contribution >= 4 is 16.4 Å². The Kier molecular flexibility index (Phi) is 15.0. The van der Waals surface area contributed by atoms with Crippen LogP contribution in [-0.2, 0) is 10.4 Å². The molecule has 0 aliphatic heterocycles. The topological polar surface area (TPSA) is 187 Å². The number of rotatable bonds is 0. The molecule has 2 amide bonds. The van der Waals surface area contributed by atoms with Crippen molar-refractivity contribution in [3.8, 4) is 0 Å². The van der Waals surface area contributed by atoms with E-state index in [4.69, 9.17) is 31.6 Å². The fourth-order valence-electron chi connectivity index (χ4n) is 0. The van der Waals surface area contributed by atoms with Gasteiger partial charge in [-0.05, 0) is 0 Å². The molecule has 9 nitrogen and oxygen atoms in total. The molecule has 0 bridgehead atoms. The summed E-state index contributed by atoms with van der Waals surface area (Å²) in [4.78, 5) is 9.00. The lowest BCUT2D eigenvalue weighted by atomic mass is 11.2. The van der Waals surface area contributed by atoms with Gasteiger partial charge in [0.05, 0.1) is 0 Å². The van der Waals surface area contributed by atoms with Gasteiger partial charge in [-0.15, -0.1) is 4.66 Å². The molecule has 11 heteroatoms. The van der Waals surface area contributed by atoms with E-state index < -0.39 is 16.4 Å². The van der Waals surface area contributed by atoms with Crippen molar-refractivity contribution in [3.05, 3.63) is 0 Å². The van der Waals surface area contributed by atoms with Gasteiger partial charge in [0.1, 0.15) is 0 Å². The lowest BCUT2D eigenvalue weighted by molar-refractivity contribution is -1.27. The van der Waals surface area contributed by atoms with E-state index in [1.54, 1.807) is 0 Å². The van der Waals surface area contributed by atoms with Crippen molar-refractivity contribution in [2.45, 2.75) is 0 Å². The van der Waals surface area contributed by atoms with Gasteiger partial charge in [0, 0.05) is 0 Å². The first-order chi connectivity index (χ1) is 5.15. The van der Waals surface area contributed by atoms with E-state index in [1.807, 2.05) is 0 Å². The van der Waals surface area contributed by atoms with Crippen LogP contribution in [0.1, 0.15) is 0 Å². The Labute approximate surface area is 71.6 Å². The van der Waals surface area contributed by atoms with Crippen LogP contribution in [0.3, 0.4) is 0 Å². The van der Waals surface area contributed by atoms with Gasteiger partial charge in [-0.2, -0.15) is 8.42 Å². The molecule has 0 rings (SSSR count). The van der Waals surface area contributed by atoms with Crippen LogP contribution in [0.15, 0.2) is 0 Å². The first kappa shape index (κ1) is 17.4. The second-order valence-electron chi connectivity index (χ2n) is 0.919. The Hall–Kier alpha value is -0.650. The monoisotopic (exact) mass is 226 g/mol. The highest BCUT2D eigenvalue weighted by molar-refractivity contribution is 7.79. The highest BCUT2D eigenvalue weighted by Crippen LogP contribution is 1.59. The number of nitrogens with two attached hydrogens (primary N) is 2. The average Bonchev–Trinajstić information content (AvgIpc) is 1.56. The summed E-state index contributed by atoms with van der Waals surface area (Å²) in [6.07, 6.45) is 0. The minimum atomic E-state index is -4.67. The number of amides is 2. The van der Waals surface area contributed by atoms with Gasteiger partial charge >= 0.3 is 27.8 Å². The average molecular weight is 227 g/mol. The molecule has 0 saturated carbocycles. The number of hydrogen-bond donors (Lipinski definition) is 5. The van der Waals surface area contributed by atoms with Gasteiger partial charge in [-0.1, -0.05) is 0 Å². The SMILES string of the molecule is NC(N)=O.O=S(=O)(O)O.[O-][Cl+]O. The second kappa shape index (κ2) is 10.3. The minimum absolute atomic E-state index is 0.167. The molecule has 0 unspecified atom stereocenters. The summed E-state index contributed by atoms with van der Waals surface area (Å²) in [6, 6.07) is -0.833. The smallest absolute Gasteiger partial charge is 0.394 e. The molecule has 0 aromatic carbocycles. The zero-order chi connectivity index (χ0) is 10.8. The molecule has 0 saturated heterocycles. The van der Waals surface area contributed by atoms with Gasteiger partial charge in [0.25, 0.3) is 0 Å². The molecular formula is CH7ClN2O7S. The number of primary amides is 2. The number of carbonyl (C=O) groups is 1. The third-order valence-corrected chi connectivity index (χ3v) is 0. The highest BCUT2D eigenvalue weighted by atomic mass is 35.6. The lowest BCUT2D eigenvalue weighted by Crippen LogP contribution is -2.18. The number of carbonyl (C=O) groups excluding carboxylic acids is 1. The maximum absolute atomic E-state index is 9.00. The molecule has 0 aliphatic carbocycles. The van der Waals surface area contributed by atoms with Crippen molar-refractivity contribution < 1.29 is 43.0 Å². The minimum Gasteiger partial charge on any atom is -0.506 e. The fraction of sp³-hybridized carbons (Fsp3) is 0. The maximum Gasteiger partial charge on any atom is 0.394 e. The molecule has 0 aromatic rings. The molecular weight excluding hydrogens is 220 g/mol. The van der Waals surface area contributed by atoms with Crippen molar-refractivity contribution in [3.63, 3.8) is 0 Å². The molecule has 12 heavy (non-hydrogen) atoms. The standard InChI is InChI=1S/CH4N2O.ClHO2.H2O4S/c2-1(3)4;2-1-3;1-5(2,3)4/h(H4,2,3,4);2H;(H2,1,2,3,4). The number of halogens is 1. The summed E-state index contributed by atoms with van der Waals surface area (Å²) in [6.45, 7) is 0. The molecule has 0 radical (unpaired) electrons. The quantitative estimate of drug-likeness (QED) is 0.266. The summed E-state index contributed by atoms with van der Waals surface area (Å²) in [7, 11) is -4.67. The summed E-state index contributed by atoms with van der Waals surface area (Å²) < 4.78 is 46.8. The van der Waals surface area contributed by atoms with E-state index in [0.717, 1.165) is 0 Å². The van der Waals surface area contributed by atoms with E-state index in [9.17, 15) is 0 Å². The Morgan fingerprint density at radius 1 is 1.33 bits per heavy atom. The third kappa shape index (κ3) is 1540. The normalized spacial score (nSPS) is 8.33. The molecule has 0 atom stereocenters. The second-order valence-corrected chi connectivity index (χ2v) is 1.95. The van der Waals surface area contributed by atoms with Crippen LogP contribution in [0, 0.1) is 11.3 Å². The lowest BCUT2D eigenvalue weighted by Gasteiger charge is -1.68. The Morgan fingerprint density at radius 3 is 1.33 bits per heavy atom. The predicted octanol–water partition coefficient (Wildman–Crippen LogP) is -3.37. The van der Waals surface area contributed by atoms with E-state index in [-0.39, 0.29) is 11.3 Å². The van der Waals surface area contributed by atoms with Gasteiger partial charge in [-0.3, -0.25) is 9.11 Å². The van der Waals surface area contributed by atoms with Crippen LogP contribution >= 0.6 is 0 Å². The first-order valence-electron chi connectivity index (χ1n) is 1.80. The van der Waals surface area contributed by atoms with Gasteiger partial charge in [0.2, 0.25) is 0 Å². The number of hydrogen-bond acceptors (Lipinski definition) is 5. The van der Waals surface area contributed by atoms with Gasteiger partial charge in [-0.25, -0.2) is 4.79 Å². The van der Waals surface area contributed by atoms with E-state index >= 15 is 0 Å². The predicted molar refractivity (Wildman–Crippen MR) is 30.2 cm³/mol. The van der Waals surface area contributed by atoms with E-state index in [0.29, 0.717) is 0 Å². The van der Waals surface area contributed by atoms with Crippen LogP contribution in [0.5, 0.6) is 0 Å². The zero-order valence-electron chi connectivity index (χ0n) is 5.42. The molecule has 0 aliphatic rings. The van der Waals surface area contributed by atoms with Gasteiger partial charge in [0.15, 0.2) is 0 Å². The molecule has 0 fully saturated rings. The molecule has 0 spiro atoms. The fourth-order valence-corrected chi connectivity index (χ4v) is 0. The van der Waals surface area contributed by atoms with Crippen LogP contribution < -0.4 is 16.1 Å². The zero-order valence-corrected chi connectivity index (χ0v) is 6.99. The molecule has 7 N–H and O–H groups in total. The van der Waals surface area contributed by atoms with Crippen molar-refractivity contribution in [2.75, 3.05) is 0 Å². The molecule has 76 valence electrons. The van der Waals surface area contributed by atoms with Gasteiger partial charge < -0.3 is 16.1 Å². The van der Waals surface area contributed by atoms with Crippen LogP contribution in [-0.4, -0.2) is 28.2 Å². The largest absolute Gasteiger partial charge is 0.506 e. The summed E-state index contributed by atoms with van der Waals surface area (Å²) in [5, 5.41) is 0. The summed E-state index contributed by atoms with van der Waals surface area (Å²) in [5.74, 6) is 0. The van der Waals surface area contributed by atoms with Crippen LogP contribution in [0.4, 0.5) is 4.79 Å². The van der Waals surface area contributed by atoms with Crippen LogP contribution in [0.25, 0.3) is 0 Å². The van der Waals surface area contributed by atoms with Crippen LogP contribution in [0.2, 0.25) is 0 Å². The van der Waals surface area contributed by atoms with E-state index in [1.165, 1.54) is 0 Å². The number of urea groups is 1. The van der Waals surface area contributed by atoms with Crippen molar-refractivity contribution in [2.24, 2.45) is 11.5 Å². The first-order valence-corrected chi connectivity index (χ1v) is 3.85. The Bertz CT molecular complexity index is 176. The Balaban J connectivity index is -0.000000105. The third-order valence-electron chi connectivity index (χ3n) is 0. The van der Waals surface area contributed by atoms with Crippen molar-refractivity contribution in [1.29, 1.82) is 0 Å². The van der Waals surface area contributed by atoms with E-state index in [2.05, 4.69) is 11.5 Å². The molecule has 0 heterocycles.